The molecule has 0 N–H and O–H groups in total. The maximum Gasteiger partial charge on any atom is 0.164 e. The summed E-state index contributed by atoms with van der Waals surface area (Å²) in [6.45, 7) is 0. The van der Waals surface area contributed by atoms with E-state index in [2.05, 4.69) is 126 Å². The third kappa shape index (κ3) is 5.12. The van der Waals surface area contributed by atoms with Crippen molar-refractivity contribution in [3.05, 3.63) is 182 Å². The zero-order valence-electron chi connectivity index (χ0n) is 30.4. The van der Waals surface area contributed by atoms with Gasteiger partial charge in [0, 0.05) is 58.4 Å². The van der Waals surface area contributed by atoms with E-state index in [-0.39, 0.29) is 0 Å². The third-order valence-electron chi connectivity index (χ3n) is 11.0. The number of aromatic nitrogens is 4. The van der Waals surface area contributed by atoms with Crippen LogP contribution in [0.2, 0.25) is 0 Å². The van der Waals surface area contributed by atoms with Crippen LogP contribution in [-0.2, 0) is 0 Å². The largest absolute Gasteiger partial charge is 0.454 e. The molecule has 5 nitrogen and oxygen atoms in total. The monoisotopic (exact) mass is 746 g/mol. The van der Waals surface area contributed by atoms with Gasteiger partial charge in [-0.25, -0.2) is 15.0 Å². The summed E-state index contributed by atoms with van der Waals surface area (Å²) in [4.78, 5) is 14.9. The number of nitrogens with zero attached hydrogens (tertiary/aromatic N) is 4. The normalized spacial score (nSPS) is 11.9. The molecule has 0 unspecified atom stereocenters. The second-order valence-corrected chi connectivity index (χ2v) is 15.5. The van der Waals surface area contributed by atoms with Crippen molar-refractivity contribution in [2.24, 2.45) is 0 Å². The lowest BCUT2D eigenvalue weighted by Crippen LogP contribution is -2.00. The van der Waals surface area contributed by atoms with Gasteiger partial charge in [0.1, 0.15) is 5.58 Å². The van der Waals surface area contributed by atoms with Crippen LogP contribution >= 0.6 is 11.3 Å². The topological polar surface area (TPSA) is 56.7 Å². The van der Waals surface area contributed by atoms with Gasteiger partial charge in [0.2, 0.25) is 0 Å². The predicted octanol–water partition coefficient (Wildman–Crippen LogP) is 13.9. The highest BCUT2D eigenvalue weighted by atomic mass is 32.1. The Morgan fingerprint density at radius 3 is 1.70 bits per heavy atom. The number of hydrogen-bond donors (Lipinski definition) is 0. The van der Waals surface area contributed by atoms with Gasteiger partial charge in [0.15, 0.2) is 23.1 Å². The van der Waals surface area contributed by atoms with Crippen molar-refractivity contribution < 1.29 is 4.42 Å². The van der Waals surface area contributed by atoms with E-state index in [4.69, 9.17) is 19.4 Å². The Morgan fingerprint density at radius 2 is 0.982 bits per heavy atom. The van der Waals surface area contributed by atoms with Crippen LogP contribution in [0.4, 0.5) is 0 Å². The first-order chi connectivity index (χ1) is 28.2. The third-order valence-corrected chi connectivity index (χ3v) is 12.2. The molecule has 4 aromatic heterocycles. The fourth-order valence-electron chi connectivity index (χ4n) is 8.35. The standard InChI is InChI=1S/C51H30N4OS/c1-4-14-31(15-5-1)35-26-41-37-25-24-34(51-53-49(32-16-6-2-7-17-32)52-50(54-51)33-18-8-3-9-19-33)28-45(37)56-48(41)44(27-35)55-42-22-12-10-20-36(42)39-29-40-38-21-11-13-23-46(38)57-47(40)30-43(39)55/h1-30H. The van der Waals surface area contributed by atoms with Crippen molar-refractivity contribution >= 4 is 75.3 Å². The summed E-state index contributed by atoms with van der Waals surface area (Å²) in [5.41, 5.74) is 9.85. The van der Waals surface area contributed by atoms with Crippen molar-refractivity contribution in [2.45, 2.75) is 0 Å². The molecule has 0 saturated carbocycles. The first-order valence-corrected chi connectivity index (χ1v) is 19.8. The van der Waals surface area contributed by atoms with Crippen molar-refractivity contribution in [3.8, 4) is 51.0 Å². The first-order valence-electron chi connectivity index (χ1n) is 19.0. The molecule has 0 spiro atoms. The Labute approximate surface area is 330 Å². The van der Waals surface area contributed by atoms with Gasteiger partial charge in [0.25, 0.3) is 0 Å². The summed E-state index contributed by atoms with van der Waals surface area (Å²) in [6, 6.07) is 63.8. The van der Waals surface area contributed by atoms with Gasteiger partial charge in [-0.15, -0.1) is 11.3 Å². The molecule has 266 valence electrons. The van der Waals surface area contributed by atoms with Crippen LogP contribution in [-0.4, -0.2) is 19.5 Å². The zero-order valence-corrected chi connectivity index (χ0v) is 31.2. The van der Waals surface area contributed by atoms with Gasteiger partial charge >= 0.3 is 0 Å². The molecule has 8 aromatic carbocycles. The minimum atomic E-state index is 0.588. The lowest BCUT2D eigenvalue weighted by molar-refractivity contribution is 0.666. The highest BCUT2D eigenvalue weighted by Gasteiger charge is 2.22. The number of rotatable bonds is 5. The first kappa shape index (κ1) is 31.9. The number of fused-ring (bicyclic) bond motifs is 9. The quantitative estimate of drug-likeness (QED) is 0.176. The maximum absolute atomic E-state index is 7.03. The number of para-hydroxylation sites is 1. The molecule has 0 bridgehead atoms. The molecular formula is C51H30N4OS. The second-order valence-electron chi connectivity index (χ2n) is 14.4. The Kier molecular flexibility index (Phi) is 7.03. The molecule has 0 aliphatic carbocycles. The van der Waals surface area contributed by atoms with Gasteiger partial charge in [-0.05, 0) is 59.7 Å². The molecule has 0 atom stereocenters. The molecule has 0 radical (unpaired) electrons. The number of benzene rings is 8. The van der Waals surface area contributed by atoms with Gasteiger partial charge in [-0.3, -0.25) is 0 Å². The maximum atomic E-state index is 7.03. The van der Waals surface area contributed by atoms with Crippen LogP contribution in [0.25, 0.3) is 115 Å². The molecule has 4 heterocycles. The molecular weight excluding hydrogens is 717 g/mol. The van der Waals surface area contributed by atoms with E-state index in [1.807, 2.05) is 72.0 Å². The Bertz CT molecular complexity index is 3460. The van der Waals surface area contributed by atoms with Gasteiger partial charge < -0.3 is 8.98 Å². The molecule has 6 heteroatoms. The van der Waals surface area contributed by atoms with Gasteiger partial charge in [-0.2, -0.15) is 0 Å². The van der Waals surface area contributed by atoms with E-state index in [1.54, 1.807) is 0 Å². The summed E-state index contributed by atoms with van der Waals surface area (Å²) >= 11 is 1.84. The summed E-state index contributed by atoms with van der Waals surface area (Å²) in [5.74, 6) is 1.83. The van der Waals surface area contributed by atoms with Crippen molar-refractivity contribution in [3.63, 3.8) is 0 Å². The van der Waals surface area contributed by atoms with Crippen molar-refractivity contribution in [1.82, 2.24) is 19.5 Å². The molecule has 0 saturated heterocycles. The number of thiophene rings is 1. The van der Waals surface area contributed by atoms with Crippen LogP contribution < -0.4 is 0 Å². The molecule has 0 aliphatic heterocycles. The van der Waals surface area contributed by atoms with Gasteiger partial charge in [0.05, 0.1) is 16.7 Å². The van der Waals surface area contributed by atoms with E-state index in [0.717, 1.165) is 66.5 Å². The minimum absolute atomic E-state index is 0.588. The van der Waals surface area contributed by atoms with E-state index in [1.165, 1.54) is 30.9 Å². The van der Waals surface area contributed by atoms with Crippen LogP contribution in [0, 0.1) is 0 Å². The van der Waals surface area contributed by atoms with Crippen molar-refractivity contribution in [1.29, 1.82) is 0 Å². The molecule has 0 aliphatic rings. The van der Waals surface area contributed by atoms with E-state index in [9.17, 15) is 0 Å². The summed E-state index contributed by atoms with van der Waals surface area (Å²) in [7, 11) is 0. The lowest BCUT2D eigenvalue weighted by atomic mass is 10.0. The molecule has 57 heavy (non-hydrogen) atoms. The van der Waals surface area contributed by atoms with Crippen molar-refractivity contribution in [2.75, 3.05) is 0 Å². The van der Waals surface area contributed by atoms with Crippen LogP contribution in [0.3, 0.4) is 0 Å². The van der Waals surface area contributed by atoms with E-state index >= 15 is 0 Å². The summed E-state index contributed by atoms with van der Waals surface area (Å²) < 4.78 is 12.0. The average molecular weight is 747 g/mol. The lowest BCUT2D eigenvalue weighted by Gasteiger charge is -2.12. The van der Waals surface area contributed by atoms with Crippen LogP contribution in [0.5, 0.6) is 0 Å². The smallest absolute Gasteiger partial charge is 0.164 e. The predicted molar refractivity (Wildman–Crippen MR) is 236 cm³/mol. The van der Waals surface area contributed by atoms with Crippen LogP contribution in [0.15, 0.2) is 186 Å². The minimum Gasteiger partial charge on any atom is -0.454 e. The molecule has 12 aromatic rings. The molecule has 0 fully saturated rings. The number of furan rings is 1. The zero-order chi connectivity index (χ0) is 37.5. The Balaban J connectivity index is 1.12. The highest BCUT2D eigenvalue weighted by molar-refractivity contribution is 7.25. The second kappa shape index (κ2) is 12.6. The molecule has 0 amide bonds. The highest BCUT2D eigenvalue weighted by Crippen LogP contribution is 2.44. The SMILES string of the molecule is c1ccc(-c2cc(-n3c4ccccc4c4cc5c(cc43)sc3ccccc35)c3oc4cc(-c5nc(-c6ccccc6)nc(-c6ccccc6)n5)ccc4c3c2)cc1. The molecule has 12 rings (SSSR count). The van der Waals surface area contributed by atoms with Crippen LogP contribution in [0.1, 0.15) is 0 Å². The average Bonchev–Trinajstić information content (AvgIpc) is 3.95. The Hall–Kier alpha value is -7.41. The fourth-order valence-corrected chi connectivity index (χ4v) is 9.47. The Morgan fingerprint density at radius 1 is 0.368 bits per heavy atom. The van der Waals surface area contributed by atoms with E-state index in [0.29, 0.717) is 17.5 Å². The summed E-state index contributed by atoms with van der Waals surface area (Å²) in [5, 5.41) is 7.09. The van der Waals surface area contributed by atoms with E-state index < -0.39 is 0 Å². The summed E-state index contributed by atoms with van der Waals surface area (Å²) in [6.07, 6.45) is 0. The number of hydrogen-bond acceptors (Lipinski definition) is 5. The van der Waals surface area contributed by atoms with Gasteiger partial charge in [-0.1, -0.05) is 133 Å². The fraction of sp³-hybridized carbons (Fsp3) is 0.